The first-order valence-corrected chi connectivity index (χ1v) is 4.96. The summed E-state index contributed by atoms with van der Waals surface area (Å²) in [5.41, 5.74) is 1.61. The fraction of sp³-hybridized carbons (Fsp3) is 0.200. The first-order valence-electron chi connectivity index (χ1n) is 4.58. The van der Waals surface area contributed by atoms with Crippen LogP contribution in [0.25, 0.3) is 11.7 Å². The smallest absolute Gasteiger partial charge is 0.163 e. The van der Waals surface area contributed by atoms with Gasteiger partial charge >= 0.3 is 0 Å². The van der Waals surface area contributed by atoms with Crippen LogP contribution in [0.15, 0.2) is 24.5 Å². The summed E-state index contributed by atoms with van der Waals surface area (Å²) in [5, 5.41) is 13.2. The average molecular weight is 224 g/mol. The van der Waals surface area contributed by atoms with Crippen LogP contribution in [0.1, 0.15) is 12.0 Å². The van der Waals surface area contributed by atoms with Gasteiger partial charge in [0.15, 0.2) is 5.65 Å². The largest absolute Gasteiger partial charge is 0.396 e. The monoisotopic (exact) mass is 223 g/mol. The van der Waals surface area contributed by atoms with E-state index in [2.05, 4.69) is 10.1 Å². The maximum absolute atomic E-state index is 8.64. The molecule has 0 bridgehead atoms. The highest BCUT2D eigenvalue weighted by Gasteiger charge is 2.02. The third-order valence-electron chi connectivity index (χ3n) is 1.96. The van der Waals surface area contributed by atoms with Crippen molar-refractivity contribution < 1.29 is 5.11 Å². The summed E-state index contributed by atoms with van der Waals surface area (Å²) in [5.74, 6) is 0. The highest BCUT2D eigenvalue weighted by Crippen LogP contribution is 2.13. The van der Waals surface area contributed by atoms with Crippen LogP contribution in [0.5, 0.6) is 0 Å². The lowest BCUT2D eigenvalue weighted by Gasteiger charge is -1.93. The van der Waals surface area contributed by atoms with Crippen molar-refractivity contribution in [2.75, 3.05) is 6.61 Å². The van der Waals surface area contributed by atoms with Gasteiger partial charge in [0.25, 0.3) is 0 Å². The molecule has 0 aliphatic heterocycles. The van der Waals surface area contributed by atoms with Gasteiger partial charge in [-0.05, 0) is 12.5 Å². The van der Waals surface area contributed by atoms with Crippen molar-refractivity contribution in [1.82, 2.24) is 14.6 Å². The lowest BCUT2D eigenvalue weighted by molar-refractivity contribution is 0.303. The Morgan fingerprint density at radius 1 is 1.53 bits per heavy atom. The summed E-state index contributed by atoms with van der Waals surface area (Å²) in [6, 6.07) is 1.68. The third-order valence-corrected chi connectivity index (χ3v) is 2.17. The molecule has 0 aromatic carbocycles. The van der Waals surface area contributed by atoms with Crippen molar-refractivity contribution in [3.63, 3.8) is 0 Å². The van der Waals surface area contributed by atoms with Gasteiger partial charge < -0.3 is 5.11 Å². The van der Waals surface area contributed by atoms with Crippen molar-refractivity contribution in [3.05, 3.63) is 35.3 Å². The van der Waals surface area contributed by atoms with Gasteiger partial charge in [-0.25, -0.2) is 9.50 Å². The highest BCUT2D eigenvalue weighted by atomic mass is 35.5. The lowest BCUT2D eigenvalue weighted by Crippen LogP contribution is -1.89. The van der Waals surface area contributed by atoms with Crippen LogP contribution < -0.4 is 0 Å². The molecule has 2 heterocycles. The molecular formula is C10H10ClN3O. The number of aliphatic hydroxyl groups excluding tert-OH is 1. The standard InChI is InChI=1S/C10H10ClN3O/c11-9-4-5-14-10(13-9)8(7-12-14)3-1-2-6-15/h1,3-5,7,15H,2,6H2. The molecule has 0 aliphatic carbocycles. The Balaban J connectivity index is 2.39. The fourth-order valence-corrected chi connectivity index (χ4v) is 1.40. The molecule has 0 fully saturated rings. The van der Waals surface area contributed by atoms with Crippen LogP contribution in [0.3, 0.4) is 0 Å². The zero-order chi connectivity index (χ0) is 10.7. The number of fused-ring (bicyclic) bond motifs is 1. The minimum Gasteiger partial charge on any atom is -0.396 e. The Hall–Kier alpha value is -1.39. The normalized spacial score (nSPS) is 11.6. The molecule has 0 atom stereocenters. The highest BCUT2D eigenvalue weighted by molar-refractivity contribution is 6.29. The second kappa shape index (κ2) is 4.42. The zero-order valence-electron chi connectivity index (χ0n) is 7.97. The topological polar surface area (TPSA) is 50.4 Å². The van der Waals surface area contributed by atoms with Gasteiger partial charge in [0, 0.05) is 18.4 Å². The van der Waals surface area contributed by atoms with Crippen LogP contribution in [-0.4, -0.2) is 26.3 Å². The first kappa shape index (κ1) is 10.1. The van der Waals surface area contributed by atoms with Gasteiger partial charge in [0.2, 0.25) is 0 Å². The van der Waals surface area contributed by atoms with Crippen molar-refractivity contribution in [2.45, 2.75) is 6.42 Å². The second-order valence-electron chi connectivity index (χ2n) is 3.03. The molecule has 0 amide bonds. The van der Waals surface area contributed by atoms with Crippen LogP contribution in [0, 0.1) is 0 Å². The van der Waals surface area contributed by atoms with E-state index in [1.165, 1.54) is 0 Å². The third kappa shape index (κ3) is 2.16. The van der Waals surface area contributed by atoms with E-state index in [1.807, 2.05) is 12.2 Å². The Kier molecular flexibility index (Phi) is 2.99. The van der Waals surface area contributed by atoms with Gasteiger partial charge in [-0.2, -0.15) is 5.10 Å². The molecule has 78 valence electrons. The van der Waals surface area contributed by atoms with Gasteiger partial charge in [-0.15, -0.1) is 0 Å². The van der Waals surface area contributed by atoms with E-state index in [1.54, 1.807) is 23.0 Å². The first-order chi connectivity index (χ1) is 7.31. The molecular weight excluding hydrogens is 214 g/mol. The molecule has 0 spiro atoms. The van der Waals surface area contributed by atoms with Crippen LogP contribution in [0.4, 0.5) is 0 Å². The maximum atomic E-state index is 8.64. The van der Waals surface area contributed by atoms with E-state index < -0.39 is 0 Å². The number of hydrogen-bond donors (Lipinski definition) is 1. The van der Waals surface area contributed by atoms with Crippen LogP contribution in [0.2, 0.25) is 5.15 Å². The van der Waals surface area contributed by atoms with E-state index in [0.717, 1.165) is 11.2 Å². The molecule has 4 nitrogen and oxygen atoms in total. The van der Waals surface area contributed by atoms with Gasteiger partial charge in [-0.1, -0.05) is 23.8 Å². The number of nitrogens with zero attached hydrogens (tertiary/aromatic N) is 3. The quantitative estimate of drug-likeness (QED) is 0.807. The molecule has 5 heteroatoms. The maximum Gasteiger partial charge on any atom is 0.163 e. The van der Waals surface area contributed by atoms with Crippen molar-refractivity contribution in [3.8, 4) is 0 Å². The zero-order valence-corrected chi connectivity index (χ0v) is 8.72. The molecule has 0 saturated heterocycles. The molecule has 0 saturated carbocycles. The minimum absolute atomic E-state index is 0.143. The fourth-order valence-electron chi connectivity index (χ4n) is 1.27. The number of hydrogen-bond acceptors (Lipinski definition) is 3. The van der Waals surface area contributed by atoms with Crippen LogP contribution >= 0.6 is 11.6 Å². The van der Waals surface area contributed by atoms with E-state index in [-0.39, 0.29) is 6.61 Å². The van der Waals surface area contributed by atoms with Gasteiger partial charge in [-0.3, -0.25) is 0 Å². The number of aliphatic hydroxyl groups is 1. The summed E-state index contributed by atoms with van der Waals surface area (Å²) in [6.07, 6.45) is 7.85. The summed E-state index contributed by atoms with van der Waals surface area (Å²) >= 11 is 5.79. The second-order valence-corrected chi connectivity index (χ2v) is 3.42. The number of rotatable bonds is 3. The summed E-state index contributed by atoms with van der Waals surface area (Å²) < 4.78 is 1.66. The molecule has 0 radical (unpaired) electrons. The van der Waals surface area contributed by atoms with Crippen molar-refractivity contribution in [1.29, 1.82) is 0 Å². The van der Waals surface area contributed by atoms with E-state index in [9.17, 15) is 0 Å². The number of aromatic nitrogens is 3. The molecule has 2 aromatic rings. The summed E-state index contributed by atoms with van der Waals surface area (Å²) in [6.45, 7) is 0.143. The molecule has 1 N–H and O–H groups in total. The van der Waals surface area contributed by atoms with Crippen LogP contribution in [-0.2, 0) is 0 Å². The van der Waals surface area contributed by atoms with E-state index in [0.29, 0.717) is 11.6 Å². The molecule has 2 aromatic heterocycles. The summed E-state index contributed by atoms with van der Waals surface area (Å²) in [7, 11) is 0. The number of halogens is 1. The Labute approximate surface area is 91.8 Å². The van der Waals surface area contributed by atoms with Gasteiger partial charge in [0.1, 0.15) is 5.15 Å². The lowest BCUT2D eigenvalue weighted by atomic mass is 10.3. The predicted octanol–water partition coefficient (Wildman–Crippen LogP) is 1.78. The molecule has 0 unspecified atom stereocenters. The molecule has 15 heavy (non-hydrogen) atoms. The minimum atomic E-state index is 0.143. The Bertz CT molecular complexity index is 492. The predicted molar refractivity (Wildman–Crippen MR) is 58.7 cm³/mol. The van der Waals surface area contributed by atoms with E-state index in [4.69, 9.17) is 16.7 Å². The Morgan fingerprint density at radius 2 is 2.40 bits per heavy atom. The SMILES string of the molecule is OCCC=Cc1cnn2ccc(Cl)nc12. The van der Waals surface area contributed by atoms with E-state index >= 15 is 0 Å². The average Bonchev–Trinajstić information content (AvgIpc) is 2.62. The molecule has 2 rings (SSSR count). The molecule has 0 aliphatic rings. The van der Waals surface area contributed by atoms with Crippen molar-refractivity contribution in [2.24, 2.45) is 0 Å². The van der Waals surface area contributed by atoms with Crippen molar-refractivity contribution >= 4 is 23.3 Å². The summed E-state index contributed by atoms with van der Waals surface area (Å²) in [4.78, 5) is 4.17. The Morgan fingerprint density at radius 3 is 3.20 bits per heavy atom. The van der Waals surface area contributed by atoms with Gasteiger partial charge in [0.05, 0.1) is 6.20 Å².